The van der Waals surface area contributed by atoms with Crippen molar-refractivity contribution in [2.45, 2.75) is 18.7 Å². The van der Waals surface area contributed by atoms with Gasteiger partial charge in [0.25, 0.3) is 0 Å². The summed E-state index contributed by atoms with van der Waals surface area (Å²) in [5.74, 6) is 0. The molecule has 1 aliphatic heterocycles. The highest BCUT2D eigenvalue weighted by molar-refractivity contribution is 5.39. The third-order valence-corrected chi connectivity index (χ3v) is 4.47. The molecule has 114 valence electrons. The van der Waals surface area contributed by atoms with Crippen LogP contribution in [-0.4, -0.2) is 5.06 Å². The quantitative estimate of drug-likeness (QED) is 0.637. The standard InChI is InChI=1S/C21H19NO/c1-17(18-11-5-2-6-12-18)22-21(23-22,19-13-7-3-8-14-19)20-15-9-4-10-16-20/h2-17H,1H3. The number of nitrogens with zero attached hydrogens (tertiary/aromatic N) is 1. The van der Waals surface area contributed by atoms with Crippen LogP contribution in [0, 0.1) is 0 Å². The molecular formula is C21H19NO. The minimum absolute atomic E-state index is 0.177. The molecule has 0 amide bonds. The Morgan fingerprint density at radius 2 is 1.13 bits per heavy atom. The van der Waals surface area contributed by atoms with E-state index in [0.29, 0.717) is 0 Å². The Morgan fingerprint density at radius 1 is 0.696 bits per heavy atom. The molecule has 3 aromatic carbocycles. The lowest BCUT2D eigenvalue weighted by molar-refractivity contribution is 0.154. The first-order valence-corrected chi connectivity index (χ1v) is 7.97. The summed E-state index contributed by atoms with van der Waals surface area (Å²) in [6.07, 6.45) is 0. The molecule has 1 heterocycles. The zero-order chi connectivity index (χ0) is 15.7. The second kappa shape index (κ2) is 5.65. The number of benzene rings is 3. The van der Waals surface area contributed by atoms with Crippen LogP contribution in [0.5, 0.6) is 0 Å². The largest absolute Gasteiger partial charge is 0.260 e. The molecule has 0 aliphatic carbocycles. The van der Waals surface area contributed by atoms with Crippen LogP contribution in [0.2, 0.25) is 0 Å². The zero-order valence-electron chi connectivity index (χ0n) is 13.1. The highest BCUT2D eigenvalue weighted by atomic mass is 16.9. The van der Waals surface area contributed by atoms with Crippen molar-refractivity contribution >= 4 is 0 Å². The molecule has 2 unspecified atom stereocenters. The molecule has 0 bridgehead atoms. The molecule has 2 heteroatoms. The average molecular weight is 301 g/mol. The lowest BCUT2D eigenvalue weighted by Gasteiger charge is -2.17. The zero-order valence-corrected chi connectivity index (χ0v) is 13.1. The van der Waals surface area contributed by atoms with Crippen LogP contribution in [0.1, 0.15) is 29.7 Å². The van der Waals surface area contributed by atoms with Gasteiger partial charge in [0.15, 0.2) is 0 Å². The van der Waals surface area contributed by atoms with Crippen LogP contribution in [0.4, 0.5) is 0 Å². The topological polar surface area (TPSA) is 15.5 Å². The average Bonchev–Trinajstić information content (AvgIpc) is 3.40. The fourth-order valence-corrected chi connectivity index (χ4v) is 3.20. The van der Waals surface area contributed by atoms with Gasteiger partial charge in [0.05, 0.1) is 6.04 Å². The normalized spacial score (nSPS) is 20.0. The van der Waals surface area contributed by atoms with Gasteiger partial charge < -0.3 is 0 Å². The van der Waals surface area contributed by atoms with E-state index in [0.717, 1.165) is 11.1 Å². The monoisotopic (exact) mass is 301 g/mol. The second-order valence-corrected chi connectivity index (χ2v) is 5.88. The third-order valence-electron chi connectivity index (χ3n) is 4.47. The Balaban J connectivity index is 1.76. The lowest BCUT2D eigenvalue weighted by Crippen LogP contribution is -2.20. The van der Waals surface area contributed by atoms with Gasteiger partial charge >= 0.3 is 0 Å². The van der Waals surface area contributed by atoms with Crippen LogP contribution >= 0.6 is 0 Å². The van der Waals surface area contributed by atoms with Crippen molar-refractivity contribution in [1.29, 1.82) is 0 Å². The number of rotatable bonds is 4. The van der Waals surface area contributed by atoms with Gasteiger partial charge in [0.1, 0.15) is 0 Å². The van der Waals surface area contributed by atoms with E-state index in [2.05, 4.69) is 84.8 Å². The van der Waals surface area contributed by atoms with Gasteiger partial charge in [-0.25, -0.2) is 0 Å². The molecule has 0 N–H and O–H groups in total. The summed E-state index contributed by atoms with van der Waals surface area (Å²) in [5, 5.41) is 2.09. The SMILES string of the molecule is CC(c1ccccc1)N1OC1(c1ccccc1)c1ccccc1. The molecule has 1 saturated heterocycles. The first-order chi connectivity index (χ1) is 11.3. The highest BCUT2D eigenvalue weighted by Gasteiger charge is 2.60. The highest BCUT2D eigenvalue weighted by Crippen LogP contribution is 2.54. The van der Waals surface area contributed by atoms with E-state index in [9.17, 15) is 0 Å². The molecule has 3 aromatic rings. The van der Waals surface area contributed by atoms with Gasteiger partial charge in [-0.3, -0.25) is 4.84 Å². The third kappa shape index (κ3) is 2.37. The molecule has 0 saturated carbocycles. The van der Waals surface area contributed by atoms with Gasteiger partial charge in [-0.1, -0.05) is 91.0 Å². The maximum Gasteiger partial charge on any atom is 0.216 e. The molecule has 4 rings (SSSR count). The van der Waals surface area contributed by atoms with Crippen LogP contribution in [0.3, 0.4) is 0 Å². The lowest BCUT2D eigenvalue weighted by atomic mass is 9.95. The van der Waals surface area contributed by atoms with Crippen LogP contribution in [0.15, 0.2) is 91.0 Å². The summed E-state index contributed by atoms with van der Waals surface area (Å²) in [7, 11) is 0. The smallest absolute Gasteiger partial charge is 0.216 e. The Bertz CT molecular complexity index is 731. The van der Waals surface area contributed by atoms with Gasteiger partial charge in [-0.15, -0.1) is 5.06 Å². The number of hydrogen-bond acceptors (Lipinski definition) is 2. The van der Waals surface area contributed by atoms with Crippen LogP contribution in [-0.2, 0) is 10.6 Å². The molecule has 2 nitrogen and oxygen atoms in total. The summed E-state index contributed by atoms with van der Waals surface area (Å²) in [6, 6.07) is 31.5. The maximum absolute atomic E-state index is 6.23. The summed E-state index contributed by atoms with van der Waals surface area (Å²) >= 11 is 0. The van der Waals surface area contributed by atoms with E-state index >= 15 is 0 Å². The van der Waals surface area contributed by atoms with E-state index in [-0.39, 0.29) is 6.04 Å². The summed E-state index contributed by atoms with van der Waals surface area (Å²) in [4.78, 5) is 6.23. The number of hydroxylamine groups is 2. The van der Waals surface area contributed by atoms with E-state index < -0.39 is 5.72 Å². The fraction of sp³-hybridized carbons (Fsp3) is 0.143. The fourth-order valence-electron chi connectivity index (χ4n) is 3.20. The molecule has 1 fully saturated rings. The maximum atomic E-state index is 6.23. The van der Waals surface area contributed by atoms with Gasteiger partial charge in [0, 0.05) is 11.1 Å². The Hall–Kier alpha value is -2.42. The van der Waals surface area contributed by atoms with Crippen molar-refractivity contribution in [2.24, 2.45) is 0 Å². The summed E-state index contributed by atoms with van der Waals surface area (Å²) in [5.41, 5.74) is 3.09. The molecule has 1 aliphatic rings. The first kappa shape index (κ1) is 14.2. The van der Waals surface area contributed by atoms with E-state index in [1.807, 2.05) is 18.2 Å². The van der Waals surface area contributed by atoms with Crippen molar-refractivity contribution in [3.63, 3.8) is 0 Å². The summed E-state index contributed by atoms with van der Waals surface area (Å²) < 4.78 is 0. The van der Waals surface area contributed by atoms with Crippen molar-refractivity contribution in [3.05, 3.63) is 108 Å². The van der Waals surface area contributed by atoms with E-state index in [4.69, 9.17) is 4.84 Å². The van der Waals surface area contributed by atoms with Crippen molar-refractivity contribution in [3.8, 4) is 0 Å². The van der Waals surface area contributed by atoms with Crippen molar-refractivity contribution in [2.75, 3.05) is 0 Å². The second-order valence-electron chi connectivity index (χ2n) is 5.88. The first-order valence-electron chi connectivity index (χ1n) is 7.97. The Labute approximate surface area is 136 Å². The predicted molar refractivity (Wildman–Crippen MR) is 91.4 cm³/mol. The molecule has 23 heavy (non-hydrogen) atoms. The van der Waals surface area contributed by atoms with Crippen LogP contribution in [0.25, 0.3) is 0 Å². The van der Waals surface area contributed by atoms with Crippen LogP contribution < -0.4 is 0 Å². The molecule has 2 atom stereocenters. The van der Waals surface area contributed by atoms with Gasteiger partial charge in [0.2, 0.25) is 5.72 Å². The number of hydrogen-bond donors (Lipinski definition) is 0. The molecular weight excluding hydrogens is 282 g/mol. The minimum Gasteiger partial charge on any atom is -0.260 e. The van der Waals surface area contributed by atoms with Crippen molar-refractivity contribution < 1.29 is 4.84 Å². The minimum atomic E-state index is -0.488. The van der Waals surface area contributed by atoms with Gasteiger partial charge in [-0.05, 0) is 12.5 Å². The predicted octanol–water partition coefficient (Wildman–Crippen LogP) is 4.90. The molecule has 0 spiro atoms. The molecule has 0 aromatic heterocycles. The summed E-state index contributed by atoms with van der Waals surface area (Å²) in [6.45, 7) is 2.18. The van der Waals surface area contributed by atoms with E-state index in [1.54, 1.807) is 0 Å². The van der Waals surface area contributed by atoms with Crippen molar-refractivity contribution in [1.82, 2.24) is 5.06 Å². The Morgan fingerprint density at radius 3 is 1.61 bits per heavy atom. The van der Waals surface area contributed by atoms with E-state index in [1.165, 1.54) is 5.56 Å². The molecule has 0 radical (unpaired) electrons. The Kier molecular flexibility index (Phi) is 3.49. The van der Waals surface area contributed by atoms with Gasteiger partial charge in [-0.2, -0.15) is 0 Å².